The van der Waals surface area contributed by atoms with Gasteiger partial charge in [0, 0.05) is 24.4 Å². The Kier molecular flexibility index (Phi) is 5.93. The molecule has 0 aliphatic rings. The summed E-state index contributed by atoms with van der Waals surface area (Å²) in [7, 11) is 4.81. The smallest absolute Gasteiger partial charge is 0.312 e. The third kappa shape index (κ3) is 4.49. The molecule has 3 aromatic rings. The van der Waals surface area contributed by atoms with E-state index in [1.165, 1.54) is 19.2 Å². The van der Waals surface area contributed by atoms with Gasteiger partial charge in [-0.2, -0.15) is 5.10 Å². The molecule has 0 N–H and O–H groups in total. The van der Waals surface area contributed by atoms with Gasteiger partial charge in [0.05, 0.1) is 26.3 Å². The monoisotopic (exact) mass is 384 g/mol. The van der Waals surface area contributed by atoms with E-state index in [-0.39, 0.29) is 24.8 Å². The number of halogens is 1. The standard InChI is InChI=1S/C21H21FN2O4/c1-24-16(11-19(23-24)18-9-6-15(22)10-20(18)27-3)12-21(25)28-13-14-4-7-17(26-2)8-5-14/h4-11H,12-13H2,1-3H3. The van der Waals surface area contributed by atoms with Crippen molar-refractivity contribution in [1.82, 2.24) is 9.78 Å². The predicted octanol–water partition coefficient (Wildman–Crippen LogP) is 3.53. The van der Waals surface area contributed by atoms with Crippen molar-refractivity contribution in [3.05, 3.63) is 65.6 Å². The molecule has 0 saturated heterocycles. The molecule has 0 aliphatic heterocycles. The van der Waals surface area contributed by atoms with E-state index >= 15 is 0 Å². The fraction of sp³-hybridized carbons (Fsp3) is 0.238. The first-order chi connectivity index (χ1) is 13.5. The van der Waals surface area contributed by atoms with E-state index in [0.29, 0.717) is 22.7 Å². The highest BCUT2D eigenvalue weighted by Gasteiger charge is 2.15. The molecular formula is C21H21FN2O4. The van der Waals surface area contributed by atoms with Gasteiger partial charge in [0.25, 0.3) is 0 Å². The molecule has 0 saturated carbocycles. The number of benzene rings is 2. The second-order valence-corrected chi connectivity index (χ2v) is 6.17. The molecule has 0 radical (unpaired) electrons. The number of aromatic nitrogens is 2. The van der Waals surface area contributed by atoms with E-state index in [1.807, 2.05) is 24.3 Å². The van der Waals surface area contributed by atoms with Crippen LogP contribution in [0.3, 0.4) is 0 Å². The average Bonchev–Trinajstić information content (AvgIpc) is 3.06. The normalized spacial score (nSPS) is 10.6. The minimum atomic E-state index is -0.390. The van der Waals surface area contributed by atoms with Gasteiger partial charge in [0.2, 0.25) is 0 Å². The second kappa shape index (κ2) is 8.56. The molecule has 28 heavy (non-hydrogen) atoms. The average molecular weight is 384 g/mol. The molecule has 3 rings (SSSR count). The SMILES string of the molecule is COc1ccc(COC(=O)Cc2cc(-c3ccc(F)cc3OC)nn2C)cc1. The van der Waals surface area contributed by atoms with Crippen molar-refractivity contribution >= 4 is 5.97 Å². The first kappa shape index (κ1) is 19.4. The minimum absolute atomic E-state index is 0.0726. The van der Waals surface area contributed by atoms with Crippen LogP contribution in [0.4, 0.5) is 4.39 Å². The lowest BCUT2D eigenvalue weighted by molar-refractivity contribution is -0.144. The number of carbonyl (C=O) groups excluding carboxylic acids is 1. The van der Waals surface area contributed by atoms with Crippen molar-refractivity contribution in [1.29, 1.82) is 0 Å². The number of ether oxygens (including phenoxy) is 3. The van der Waals surface area contributed by atoms with E-state index in [9.17, 15) is 9.18 Å². The highest BCUT2D eigenvalue weighted by atomic mass is 19.1. The summed E-state index contributed by atoms with van der Waals surface area (Å²) in [6.45, 7) is 0.180. The van der Waals surface area contributed by atoms with Gasteiger partial charge in [0.1, 0.15) is 23.9 Å². The zero-order valence-electron chi connectivity index (χ0n) is 15.9. The zero-order valence-corrected chi connectivity index (χ0v) is 15.9. The third-order valence-electron chi connectivity index (χ3n) is 4.30. The lowest BCUT2D eigenvalue weighted by Gasteiger charge is -2.06. The number of esters is 1. The number of methoxy groups -OCH3 is 2. The maximum atomic E-state index is 13.4. The largest absolute Gasteiger partial charge is 0.497 e. The zero-order chi connectivity index (χ0) is 20.1. The van der Waals surface area contributed by atoms with E-state index in [2.05, 4.69) is 5.10 Å². The fourth-order valence-electron chi connectivity index (χ4n) is 2.76. The number of hydrogen-bond acceptors (Lipinski definition) is 5. The van der Waals surface area contributed by atoms with E-state index in [4.69, 9.17) is 14.2 Å². The maximum absolute atomic E-state index is 13.4. The summed E-state index contributed by atoms with van der Waals surface area (Å²) >= 11 is 0. The van der Waals surface area contributed by atoms with Crippen molar-refractivity contribution in [2.75, 3.05) is 14.2 Å². The minimum Gasteiger partial charge on any atom is -0.497 e. The quantitative estimate of drug-likeness (QED) is 0.583. The molecule has 2 aromatic carbocycles. The van der Waals surface area contributed by atoms with Gasteiger partial charge in [-0.15, -0.1) is 0 Å². The van der Waals surface area contributed by atoms with Crippen molar-refractivity contribution in [2.45, 2.75) is 13.0 Å². The Morgan fingerprint density at radius 2 is 1.82 bits per heavy atom. The summed E-state index contributed by atoms with van der Waals surface area (Å²) in [5.74, 6) is 0.371. The lowest BCUT2D eigenvalue weighted by atomic mass is 10.1. The van der Waals surface area contributed by atoms with Crippen LogP contribution in [0.25, 0.3) is 11.3 Å². The molecule has 0 bridgehead atoms. The van der Waals surface area contributed by atoms with Crippen LogP contribution < -0.4 is 9.47 Å². The van der Waals surface area contributed by atoms with Gasteiger partial charge in [0.15, 0.2) is 0 Å². The number of carbonyl (C=O) groups is 1. The molecule has 0 amide bonds. The van der Waals surface area contributed by atoms with Crippen LogP contribution in [0.15, 0.2) is 48.5 Å². The van der Waals surface area contributed by atoms with Crippen molar-refractivity contribution in [2.24, 2.45) is 7.05 Å². The Hall–Kier alpha value is -3.35. The Balaban J connectivity index is 1.67. The van der Waals surface area contributed by atoms with Crippen LogP contribution in [0, 0.1) is 5.82 Å². The summed E-state index contributed by atoms with van der Waals surface area (Å²) in [6.07, 6.45) is 0.0726. The molecule has 0 unspecified atom stereocenters. The van der Waals surface area contributed by atoms with Crippen molar-refractivity contribution in [3.63, 3.8) is 0 Å². The Labute approximate surface area is 162 Å². The van der Waals surface area contributed by atoms with Gasteiger partial charge in [-0.25, -0.2) is 4.39 Å². The summed E-state index contributed by atoms with van der Waals surface area (Å²) < 4.78 is 30.7. The van der Waals surface area contributed by atoms with Crippen LogP contribution in [0.1, 0.15) is 11.3 Å². The molecule has 7 heteroatoms. The van der Waals surface area contributed by atoms with Crippen LogP contribution >= 0.6 is 0 Å². The van der Waals surface area contributed by atoms with Gasteiger partial charge in [-0.05, 0) is 35.9 Å². The summed E-state index contributed by atoms with van der Waals surface area (Å²) in [5.41, 5.74) is 2.80. The maximum Gasteiger partial charge on any atom is 0.312 e. The van der Waals surface area contributed by atoms with Crippen LogP contribution in [-0.2, 0) is 29.6 Å². The van der Waals surface area contributed by atoms with Gasteiger partial charge < -0.3 is 14.2 Å². The van der Waals surface area contributed by atoms with Crippen molar-refractivity contribution in [3.8, 4) is 22.8 Å². The highest BCUT2D eigenvalue weighted by Crippen LogP contribution is 2.30. The highest BCUT2D eigenvalue weighted by molar-refractivity contribution is 5.74. The summed E-state index contributed by atoms with van der Waals surface area (Å²) in [5, 5.41) is 4.40. The van der Waals surface area contributed by atoms with Crippen molar-refractivity contribution < 1.29 is 23.4 Å². The molecule has 0 aliphatic carbocycles. The molecule has 1 heterocycles. The summed E-state index contributed by atoms with van der Waals surface area (Å²) in [4.78, 5) is 12.2. The molecule has 1 aromatic heterocycles. The first-order valence-electron chi connectivity index (χ1n) is 8.65. The molecule has 0 spiro atoms. The molecular weight excluding hydrogens is 363 g/mol. The Morgan fingerprint density at radius 1 is 1.07 bits per heavy atom. The third-order valence-corrected chi connectivity index (χ3v) is 4.30. The Bertz CT molecular complexity index is 967. The van der Waals surface area contributed by atoms with E-state index < -0.39 is 0 Å². The number of nitrogens with zero attached hydrogens (tertiary/aromatic N) is 2. The lowest BCUT2D eigenvalue weighted by Crippen LogP contribution is -2.11. The van der Waals surface area contributed by atoms with E-state index in [0.717, 1.165) is 11.3 Å². The second-order valence-electron chi connectivity index (χ2n) is 6.17. The fourth-order valence-corrected chi connectivity index (χ4v) is 2.76. The first-order valence-corrected chi connectivity index (χ1v) is 8.65. The summed E-state index contributed by atoms with van der Waals surface area (Å²) in [6, 6.07) is 13.3. The van der Waals surface area contributed by atoms with Gasteiger partial charge in [-0.3, -0.25) is 9.48 Å². The van der Waals surface area contributed by atoms with E-state index in [1.54, 1.807) is 31.0 Å². The number of hydrogen-bond donors (Lipinski definition) is 0. The molecule has 6 nitrogen and oxygen atoms in total. The molecule has 146 valence electrons. The van der Waals surface area contributed by atoms with Crippen LogP contribution in [0.5, 0.6) is 11.5 Å². The van der Waals surface area contributed by atoms with Crippen LogP contribution in [0.2, 0.25) is 0 Å². The van der Waals surface area contributed by atoms with Gasteiger partial charge >= 0.3 is 5.97 Å². The number of aryl methyl sites for hydroxylation is 1. The number of rotatable bonds is 7. The van der Waals surface area contributed by atoms with Crippen LogP contribution in [-0.4, -0.2) is 30.0 Å². The predicted molar refractivity (Wildman–Crippen MR) is 102 cm³/mol. The van der Waals surface area contributed by atoms with Gasteiger partial charge in [-0.1, -0.05) is 12.1 Å². The molecule has 0 fully saturated rings. The topological polar surface area (TPSA) is 62.6 Å². The molecule has 0 atom stereocenters. The Morgan fingerprint density at radius 3 is 2.50 bits per heavy atom.